The number of benzene rings is 1. The fourth-order valence-electron chi connectivity index (χ4n) is 2.76. The van der Waals surface area contributed by atoms with E-state index in [-0.39, 0.29) is 5.41 Å². The van der Waals surface area contributed by atoms with E-state index in [9.17, 15) is 8.42 Å². The molecule has 4 nitrogen and oxygen atoms in total. The average molecular weight is 320 g/mol. The van der Waals surface area contributed by atoms with Crippen LogP contribution in [0.25, 0.3) is 11.0 Å². The van der Waals surface area contributed by atoms with E-state index in [0.29, 0.717) is 4.90 Å². The van der Waals surface area contributed by atoms with E-state index in [1.807, 2.05) is 6.07 Å². The third-order valence-corrected chi connectivity index (χ3v) is 5.16. The largest absolute Gasteiger partial charge is 0.328 e. The smallest absolute Gasteiger partial charge is 0.175 e. The van der Waals surface area contributed by atoms with Crippen LogP contribution in [0.2, 0.25) is 0 Å². The van der Waals surface area contributed by atoms with Gasteiger partial charge in [0.2, 0.25) is 0 Å². The van der Waals surface area contributed by atoms with Crippen molar-refractivity contribution in [1.82, 2.24) is 9.55 Å². The Hall–Kier alpha value is -1.36. The minimum atomic E-state index is -3.19. The van der Waals surface area contributed by atoms with E-state index >= 15 is 0 Å². The van der Waals surface area contributed by atoms with Gasteiger partial charge in [-0.05, 0) is 42.4 Å². The molecule has 3 rings (SSSR count). The van der Waals surface area contributed by atoms with Crippen LogP contribution < -0.4 is 0 Å². The van der Waals surface area contributed by atoms with Crippen LogP contribution in [0.5, 0.6) is 0 Å². The van der Waals surface area contributed by atoms with Gasteiger partial charge >= 0.3 is 0 Å². The molecular weight excluding hydrogens is 296 g/mol. The number of hydrogen-bond donors (Lipinski definition) is 0. The molecule has 0 saturated heterocycles. The molecule has 0 N–H and O–H groups in total. The normalized spacial score (nSPS) is 16.4. The zero-order chi connectivity index (χ0) is 16.1. The molecule has 0 spiro atoms. The summed E-state index contributed by atoms with van der Waals surface area (Å²) in [6.45, 7) is 7.61. The summed E-state index contributed by atoms with van der Waals surface area (Å²) in [4.78, 5) is 5.10. The van der Waals surface area contributed by atoms with Gasteiger partial charge in [0.15, 0.2) is 9.84 Å². The van der Waals surface area contributed by atoms with Gasteiger partial charge in [-0.1, -0.05) is 20.8 Å². The highest BCUT2D eigenvalue weighted by molar-refractivity contribution is 7.90. The van der Waals surface area contributed by atoms with Crippen LogP contribution in [0.1, 0.15) is 39.4 Å². The van der Waals surface area contributed by atoms with E-state index in [1.54, 1.807) is 12.1 Å². The fraction of sp³-hybridized carbons (Fsp3) is 0.588. The molecule has 1 aliphatic carbocycles. The maximum atomic E-state index is 11.8. The van der Waals surface area contributed by atoms with E-state index in [0.717, 1.165) is 35.7 Å². The SMILES string of the molecule is CC(C)(C)Cc1nc2cc(S(C)(=O)=O)ccc2n1CC1CC1. The van der Waals surface area contributed by atoms with E-state index in [4.69, 9.17) is 4.98 Å². The molecular formula is C17H24N2O2S. The molecule has 5 heteroatoms. The first-order chi connectivity index (χ1) is 10.1. The second kappa shape index (κ2) is 5.08. The van der Waals surface area contributed by atoms with Gasteiger partial charge in [0.25, 0.3) is 0 Å². The maximum Gasteiger partial charge on any atom is 0.175 e. The molecule has 0 radical (unpaired) electrons. The molecule has 0 aliphatic heterocycles. The maximum absolute atomic E-state index is 11.8. The first-order valence-corrected chi connectivity index (χ1v) is 9.72. The lowest BCUT2D eigenvalue weighted by molar-refractivity contribution is 0.391. The van der Waals surface area contributed by atoms with Gasteiger partial charge in [0, 0.05) is 19.2 Å². The number of imidazole rings is 1. The van der Waals surface area contributed by atoms with Crippen LogP contribution in [-0.4, -0.2) is 24.2 Å². The molecule has 0 unspecified atom stereocenters. The quantitative estimate of drug-likeness (QED) is 0.867. The number of rotatable bonds is 4. The van der Waals surface area contributed by atoms with Crippen LogP contribution >= 0.6 is 0 Å². The van der Waals surface area contributed by atoms with Crippen molar-refractivity contribution in [2.75, 3.05) is 6.26 Å². The second-order valence-electron chi connectivity index (χ2n) is 7.74. The van der Waals surface area contributed by atoms with E-state index in [2.05, 4.69) is 25.3 Å². The topological polar surface area (TPSA) is 52.0 Å². The molecule has 1 aliphatic rings. The third-order valence-electron chi connectivity index (χ3n) is 4.05. The van der Waals surface area contributed by atoms with Crippen LogP contribution in [0, 0.1) is 11.3 Å². The van der Waals surface area contributed by atoms with Crippen LogP contribution in [0.3, 0.4) is 0 Å². The Morgan fingerprint density at radius 1 is 1.27 bits per heavy atom. The minimum Gasteiger partial charge on any atom is -0.328 e. The van der Waals surface area contributed by atoms with Gasteiger partial charge in [-0.25, -0.2) is 13.4 Å². The van der Waals surface area contributed by atoms with Crippen LogP contribution in [0.4, 0.5) is 0 Å². The van der Waals surface area contributed by atoms with Crippen molar-refractivity contribution < 1.29 is 8.42 Å². The van der Waals surface area contributed by atoms with Crippen LogP contribution in [0.15, 0.2) is 23.1 Å². The molecule has 0 bridgehead atoms. The summed E-state index contributed by atoms with van der Waals surface area (Å²) in [6, 6.07) is 5.32. The van der Waals surface area contributed by atoms with Crippen molar-refractivity contribution in [3.63, 3.8) is 0 Å². The molecule has 0 atom stereocenters. The number of sulfone groups is 1. The highest BCUT2D eigenvalue weighted by Crippen LogP contribution is 2.34. The summed E-state index contributed by atoms with van der Waals surface area (Å²) in [5, 5.41) is 0. The summed E-state index contributed by atoms with van der Waals surface area (Å²) in [5.41, 5.74) is 2.00. The van der Waals surface area contributed by atoms with Crippen molar-refractivity contribution in [2.24, 2.45) is 11.3 Å². The van der Waals surface area contributed by atoms with Gasteiger partial charge in [-0.15, -0.1) is 0 Å². The van der Waals surface area contributed by atoms with Crippen molar-refractivity contribution >= 4 is 20.9 Å². The molecule has 1 heterocycles. The zero-order valence-corrected chi connectivity index (χ0v) is 14.6. The van der Waals surface area contributed by atoms with Crippen molar-refractivity contribution in [2.45, 2.75) is 51.5 Å². The lowest BCUT2D eigenvalue weighted by Gasteiger charge is -2.18. The Morgan fingerprint density at radius 3 is 2.50 bits per heavy atom. The molecule has 0 amide bonds. The van der Waals surface area contributed by atoms with Gasteiger partial charge in [-0.2, -0.15) is 0 Å². The summed E-state index contributed by atoms with van der Waals surface area (Å²) >= 11 is 0. The highest BCUT2D eigenvalue weighted by Gasteiger charge is 2.26. The van der Waals surface area contributed by atoms with Gasteiger partial charge in [-0.3, -0.25) is 0 Å². The molecule has 22 heavy (non-hydrogen) atoms. The summed E-state index contributed by atoms with van der Waals surface area (Å²) in [5.74, 6) is 1.82. The highest BCUT2D eigenvalue weighted by atomic mass is 32.2. The average Bonchev–Trinajstić information content (AvgIpc) is 3.11. The van der Waals surface area contributed by atoms with Gasteiger partial charge in [0.1, 0.15) is 5.82 Å². The number of aromatic nitrogens is 2. The molecule has 120 valence electrons. The Balaban J connectivity index is 2.11. The Labute approximate surface area is 132 Å². The predicted molar refractivity (Wildman–Crippen MR) is 88.7 cm³/mol. The lowest BCUT2D eigenvalue weighted by atomic mass is 9.92. The second-order valence-corrected chi connectivity index (χ2v) is 9.76. The molecule has 1 saturated carbocycles. The van der Waals surface area contributed by atoms with E-state index < -0.39 is 9.84 Å². The summed E-state index contributed by atoms with van der Waals surface area (Å²) in [6.07, 6.45) is 4.71. The number of fused-ring (bicyclic) bond motifs is 1. The Morgan fingerprint density at radius 2 is 1.95 bits per heavy atom. The predicted octanol–water partition coefficient (Wildman–Crippen LogP) is 3.44. The molecule has 1 aromatic carbocycles. The van der Waals surface area contributed by atoms with Crippen molar-refractivity contribution in [1.29, 1.82) is 0 Å². The summed E-state index contributed by atoms with van der Waals surface area (Å²) in [7, 11) is -3.19. The fourth-order valence-corrected chi connectivity index (χ4v) is 3.40. The Kier molecular flexibility index (Phi) is 3.59. The molecule has 1 aromatic heterocycles. The summed E-state index contributed by atoms with van der Waals surface area (Å²) < 4.78 is 25.8. The van der Waals surface area contributed by atoms with Crippen molar-refractivity contribution in [3.05, 3.63) is 24.0 Å². The van der Waals surface area contributed by atoms with Crippen molar-refractivity contribution in [3.8, 4) is 0 Å². The minimum absolute atomic E-state index is 0.155. The number of hydrogen-bond acceptors (Lipinski definition) is 3. The van der Waals surface area contributed by atoms with Gasteiger partial charge < -0.3 is 4.57 Å². The monoisotopic (exact) mass is 320 g/mol. The van der Waals surface area contributed by atoms with Crippen LogP contribution in [-0.2, 0) is 22.8 Å². The molecule has 2 aromatic rings. The molecule has 1 fully saturated rings. The first kappa shape index (κ1) is 15.5. The first-order valence-electron chi connectivity index (χ1n) is 7.83. The van der Waals surface area contributed by atoms with E-state index in [1.165, 1.54) is 19.1 Å². The standard InChI is InChI=1S/C17H24N2O2S/c1-17(2,3)10-16-18-14-9-13(22(4,20)21)7-8-15(14)19(16)11-12-5-6-12/h7-9,12H,5-6,10-11H2,1-4H3. The number of nitrogens with zero attached hydrogens (tertiary/aromatic N) is 2. The van der Waals surface area contributed by atoms with Gasteiger partial charge in [0.05, 0.1) is 15.9 Å². The third kappa shape index (κ3) is 3.35. The lowest BCUT2D eigenvalue weighted by Crippen LogP contribution is -2.15. The Bertz CT molecular complexity index is 809. The zero-order valence-electron chi connectivity index (χ0n) is 13.8.